The molecule has 0 aliphatic rings. The zero-order valence-corrected chi connectivity index (χ0v) is 18.3. The molecule has 0 N–H and O–H groups in total. The summed E-state index contributed by atoms with van der Waals surface area (Å²) in [7, 11) is 0. The van der Waals surface area contributed by atoms with Crippen molar-refractivity contribution < 1.29 is 9.53 Å². The highest BCUT2D eigenvalue weighted by Crippen LogP contribution is 2.28. The zero-order chi connectivity index (χ0) is 20.3. The van der Waals surface area contributed by atoms with Crippen molar-refractivity contribution in [2.75, 3.05) is 6.54 Å². The van der Waals surface area contributed by atoms with Crippen molar-refractivity contribution in [3.63, 3.8) is 0 Å². The van der Waals surface area contributed by atoms with E-state index in [0.29, 0.717) is 0 Å². The molecule has 1 rings (SSSR count). The maximum absolute atomic E-state index is 13.0. The van der Waals surface area contributed by atoms with Crippen LogP contribution in [0.1, 0.15) is 91.7 Å². The summed E-state index contributed by atoms with van der Waals surface area (Å²) < 4.78 is 5.74. The Morgan fingerprint density at radius 2 is 1.78 bits per heavy atom. The van der Waals surface area contributed by atoms with Gasteiger partial charge in [0.15, 0.2) is 0 Å². The largest absolute Gasteiger partial charge is 0.444 e. The van der Waals surface area contributed by atoms with Crippen LogP contribution in [0.25, 0.3) is 0 Å². The summed E-state index contributed by atoms with van der Waals surface area (Å²) in [5, 5.41) is 0. The SMILES string of the molecule is CCC[C@@H](c1ccccc1)N(CCCCCC=C(C)C)C(=O)OC(C)(C)C. The minimum atomic E-state index is -0.480. The number of ether oxygens (including phenoxy) is 1. The van der Waals surface area contributed by atoms with Crippen molar-refractivity contribution in [2.24, 2.45) is 0 Å². The standard InChI is InChI=1S/C24H39NO2/c1-7-15-22(21-17-12-10-13-18-21)25(23(26)27-24(4,5)6)19-14-9-8-11-16-20(2)3/h10,12-13,16-18,22H,7-9,11,14-15,19H2,1-6H3/t22-/m0/s1. The summed E-state index contributed by atoms with van der Waals surface area (Å²) in [6.45, 7) is 13.0. The van der Waals surface area contributed by atoms with Gasteiger partial charge >= 0.3 is 6.09 Å². The minimum absolute atomic E-state index is 0.0730. The normalized spacial score (nSPS) is 12.4. The fourth-order valence-electron chi connectivity index (χ4n) is 3.14. The van der Waals surface area contributed by atoms with Crippen molar-refractivity contribution in [1.29, 1.82) is 0 Å². The molecule has 27 heavy (non-hydrogen) atoms. The lowest BCUT2D eigenvalue weighted by molar-refractivity contribution is 0.0143. The predicted molar refractivity (Wildman–Crippen MR) is 115 cm³/mol. The molecule has 0 heterocycles. The van der Waals surface area contributed by atoms with Crippen LogP contribution in [0.2, 0.25) is 0 Å². The van der Waals surface area contributed by atoms with Gasteiger partial charge < -0.3 is 9.64 Å². The molecule has 0 bridgehead atoms. The zero-order valence-electron chi connectivity index (χ0n) is 18.3. The minimum Gasteiger partial charge on any atom is -0.444 e. The van der Waals surface area contributed by atoms with Gasteiger partial charge in [0.25, 0.3) is 0 Å². The van der Waals surface area contributed by atoms with E-state index < -0.39 is 5.60 Å². The lowest BCUT2D eigenvalue weighted by Crippen LogP contribution is -2.40. The number of carbonyl (C=O) groups is 1. The fraction of sp³-hybridized carbons (Fsp3) is 0.625. The topological polar surface area (TPSA) is 29.5 Å². The summed E-state index contributed by atoms with van der Waals surface area (Å²) in [5.41, 5.74) is 2.08. The Kier molecular flexibility index (Phi) is 10.2. The van der Waals surface area contributed by atoms with Gasteiger partial charge in [0.05, 0.1) is 6.04 Å². The van der Waals surface area contributed by atoms with Crippen LogP contribution in [0.4, 0.5) is 4.79 Å². The van der Waals surface area contributed by atoms with Gasteiger partial charge in [-0.2, -0.15) is 0 Å². The second-order valence-electron chi connectivity index (χ2n) is 8.52. The van der Waals surface area contributed by atoms with Gasteiger partial charge in [-0.25, -0.2) is 4.79 Å². The summed E-state index contributed by atoms with van der Waals surface area (Å²) in [5.74, 6) is 0. The smallest absolute Gasteiger partial charge is 0.410 e. The number of amides is 1. The maximum atomic E-state index is 13.0. The quantitative estimate of drug-likeness (QED) is 0.318. The van der Waals surface area contributed by atoms with Crippen LogP contribution in [0.15, 0.2) is 42.0 Å². The maximum Gasteiger partial charge on any atom is 0.410 e. The van der Waals surface area contributed by atoms with E-state index in [2.05, 4.69) is 39.0 Å². The average Bonchev–Trinajstić information content (AvgIpc) is 2.58. The second kappa shape index (κ2) is 11.8. The predicted octanol–water partition coefficient (Wildman–Crippen LogP) is 7.29. The average molecular weight is 374 g/mol. The molecule has 0 saturated carbocycles. The Hall–Kier alpha value is -1.77. The third-order valence-electron chi connectivity index (χ3n) is 4.41. The van der Waals surface area contributed by atoms with E-state index in [1.165, 1.54) is 11.1 Å². The van der Waals surface area contributed by atoms with Crippen LogP contribution in [-0.4, -0.2) is 23.1 Å². The van der Waals surface area contributed by atoms with E-state index in [4.69, 9.17) is 4.74 Å². The summed E-state index contributed by atoms with van der Waals surface area (Å²) in [6, 6.07) is 10.4. The Morgan fingerprint density at radius 1 is 1.11 bits per heavy atom. The molecule has 3 nitrogen and oxygen atoms in total. The number of carbonyl (C=O) groups excluding carboxylic acids is 1. The number of unbranched alkanes of at least 4 members (excludes halogenated alkanes) is 3. The molecule has 0 unspecified atom stereocenters. The van der Waals surface area contributed by atoms with Crippen molar-refractivity contribution in [3.8, 4) is 0 Å². The highest BCUT2D eigenvalue weighted by atomic mass is 16.6. The van der Waals surface area contributed by atoms with Gasteiger partial charge in [-0.1, -0.05) is 61.7 Å². The molecule has 1 aromatic carbocycles. The van der Waals surface area contributed by atoms with E-state index >= 15 is 0 Å². The first-order valence-electron chi connectivity index (χ1n) is 10.4. The van der Waals surface area contributed by atoms with E-state index in [0.717, 1.165) is 45.1 Å². The molecular formula is C24H39NO2. The number of hydrogen-bond acceptors (Lipinski definition) is 2. The van der Waals surface area contributed by atoms with Gasteiger partial charge in [0, 0.05) is 6.54 Å². The third kappa shape index (κ3) is 9.65. The highest BCUT2D eigenvalue weighted by Gasteiger charge is 2.28. The summed E-state index contributed by atoms with van der Waals surface area (Å²) in [4.78, 5) is 14.9. The molecule has 1 aromatic rings. The molecule has 0 radical (unpaired) electrons. The van der Waals surface area contributed by atoms with Crippen LogP contribution in [0.3, 0.4) is 0 Å². The summed E-state index contributed by atoms with van der Waals surface area (Å²) in [6.07, 6.45) is 8.47. The van der Waals surface area contributed by atoms with Crippen LogP contribution < -0.4 is 0 Å². The molecule has 0 aliphatic heterocycles. The van der Waals surface area contributed by atoms with Crippen LogP contribution in [0.5, 0.6) is 0 Å². The molecule has 3 heteroatoms. The number of rotatable bonds is 10. The van der Waals surface area contributed by atoms with Gasteiger partial charge in [-0.15, -0.1) is 0 Å². The Bertz CT molecular complexity index is 568. The van der Waals surface area contributed by atoms with Crippen LogP contribution in [0, 0.1) is 0 Å². The summed E-state index contributed by atoms with van der Waals surface area (Å²) >= 11 is 0. The lowest BCUT2D eigenvalue weighted by Gasteiger charge is -2.34. The lowest BCUT2D eigenvalue weighted by atomic mass is 10.0. The highest BCUT2D eigenvalue weighted by molar-refractivity contribution is 5.69. The molecule has 0 aromatic heterocycles. The van der Waals surface area contributed by atoms with Gasteiger partial charge in [-0.05, 0) is 65.9 Å². The fourth-order valence-corrected chi connectivity index (χ4v) is 3.14. The van der Waals surface area contributed by atoms with Crippen LogP contribution in [-0.2, 0) is 4.74 Å². The first-order valence-corrected chi connectivity index (χ1v) is 10.4. The van der Waals surface area contributed by atoms with Gasteiger partial charge in [0.2, 0.25) is 0 Å². The third-order valence-corrected chi connectivity index (χ3v) is 4.41. The van der Waals surface area contributed by atoms with E-state index in [-0.39, 0.29) is 12.1 Å². The molecule has 0 saturated heterocycles. The molecule has 152 valence electrons. The van der Waals surface area contributed by atoms with Crippen LogP contribution >= 0.6 is 0 Å². The van der Waals surface area contributed by atoms with Crippen molar-refractivity contribution in [3.05, 3.63) is 47.5 Å². The molecule has 0 aliphatic carbocycles. The Balaban J connectivity index is 2.84. The monoisotopic (exact) mass is 373 g/mol. The number of benzene rings is 1. The number of nitrogens with zero attached hydrogens (tertiary/aromatic N) is 1. The van der Waals surface area contributed by atoms with Gasteiger partial charge in [-0.3, -0.25) is 0 Å². The second-order valence-corrected chi connectivity index (χ2v) is 8.52. The first kappa shape index (κ1) is 23.3. The Labute approximate surface area is 166 Å². The Morgan fingerprint density at radius 3 is 2.33 bits per heavy atom. The number of allylic oxidation sites excluding steroid dienone is 2. The van der Waals surface area contributed by atoms with Gasteiger partial charge in [0.1, 0.15) is 5.60 Å². The van der Waals surface area contributed by atoms with Crippen molar-refractivity contribution in [1.82, 2.24) is 4.90 Å². The first-order chi connectivity index (χ1) is 12.7. The molecule has 0 fully saturated rings. The van der Waals surface area contributed by atoms with E-state index in [1.54, 1.807) is 0 Å². The number of hydrogen-bond donors (Lipinski definition) is 0. The van der Waals surface area contributed by atoms with Crippen molar-refractivity contribution in [2.45, 2.75) is 91.7 Å². The molecule has 0 spiro atoms. The van der Waals surface area contributed by atoms with Crippen molar-refractivity contribution >= 4 is 6.09 Å². The van der Waals surface area contributed by atoms with E-state index in [9.17, 15) is 4.79 Å². The van der Waals surface area contributed by atoms with E-state index in [1.807, 2.05) is 43.9 Å². The molecule has 1 atom stereocenters. The molecular weight excluding hydrogens is 334 g/mol. The molecule has 1 amide bonds.